The molecule has 0 radical (unpaired) electrons. The summed E-state index contributed by atoms with van der Waals surface area (Å²) >= 11 is 0. The van der Waals surface area contributed by atoms with Crippen LogP contribution < -0.4 is 0 Å². The van der Waals surface area contributed by atoms with E-state index >= 15 is 0 Å². The normalized spacial score (nSPS) is 32.7. The Morgan fingerprint density at radius 2 is 1.93 bits per heavy atom. The molecule has 0 bridgehead atoms. The van der Waals surface area contributed by atoms with Crippen molar-refractivity contribution in [1.29, 1.82) is 0 Å². The standard InChI is InChI=1S/C34H58N2O9/c1-10-26(38)24(4)31-27(43-31)21-33(5,41)16-11-12-22(2)30-23(3)13-14-28(44-32(40)36(9)19-18-35(7)8)34(6,42)17-15-25(37)20-29(39)45-30/h11-14,16,23-28,30-31,37-38,41-42H,10,15,17-21H2,1-9H3. The minimum atomic E-state index is -1.50. The third-order valence-electron chi connectivity index (χ3n) is 8.79. The zero-order valence-corrected chi connectivity index (χ0v) is 28.7. The molecule has 0 aromatic carbocycles. The summed E-state index contributed by atoms with van der Waals surface area (Å²) in [5.74, 6) is -0.963. The Hall–Kier alpha value is -2.28. The maximum Gasteiger partial charge on any atom is 0.410 e. The minimum Gasteiger partial charge on any atom is -0.457 e. The van der Waals surface area contributed by atoms with E-state index in [2.05, 4.69) is 0 Å². The maximum absolute atomic E-state index is 12.9. The zero-order valence-electron chi connectivity index (χ0n) is 28.7. The molecule has 11 nitrogen and oxygen atoms in total. The van der Waals surface area contributed by atoms with Crippen molar-refractivity contribution >= 4 is 12.1 Å². The van der Waals surface area contributed by atoms with Gasteiger partial charge < -0.3 is 44.4 Å². The van der Waals surface area contributed by atoms with Crippen molar-refractivity contribution in [3.8, 4) is 0 Å². The van der Waals surface area contributed by atoms with Crippen LogP contribution in [0.4, 0.5) is 4.79 Å². The Morgan fingerprint density at radius 1 is 1.27 bits per heavy atom. The average molecular weight is 639 g/mol. The summed E-state index contributed by atoms with van der Waals surface area (Å²) in [5.41, 5.74) is -1.96. The number of aliphatic hydroxyl groups excluding tert-OH is 2. The SMILES string of the molecule is CCC(O)C(C)C1OC1CC(C)(O)C=CC=C(C)C1OC(=O)CC(O)CCC(C)(O)C(OC(=O)N(C)CCN(C)C)C=CC1C. The third-order valence-corrected chi connectivity index (χ3v) is 8.79. The van der Waals surface area contributed by atoms with E-state index in [0.717, 1.165) is 0 Å². The number of aliphatic hydroxyl groups is 4. The van der Waals surface area contributed by atoms with E-state index in [0.29, 0.717) is 31.5 Å². The van der Waals surface area contributed by atoms with Crippen LogP contribution in [0.2, 0.25) is 0 Å². The van der Waals surface area contributed by atoms with Crippen LogP contribution in [0.25, 0.3) is 0 Å². The number of amides is 1. The molecular formula is C34H58N2O9. The molecule has 0 aromatic rings. The molecule has 10 unspecified atom stereocenters. The summed E-state index contributed by atoms with van der Waals surface area (Å²) in [6.07, 6.45) is 5.48. The first-order valence-electron chi connectivity index (χ1n) is 16.1. The summed E-state index contributed by atoms with van der Waals surface area (Å²) in [5, 5.41) is 42.9. The Labute approximate surface area is 269 Å². The molecular weight excluding hydrogens is 580 g/mol. The van der Waals surface area contributed by atoms with E-state index < -0.39 is 47.7 Å². The van der Waals surface area contributed by atoms with Crippen LogP contribution in [0.3, 0.4) is 0 Å². The smallest absolute Gasteiger partial charge is 0.410 e. The van der Waals surface area contributed by atoms with Crippen molar-refractivity contribution in [3.05, 3.63) is 36.0 Å². The van der Waals surface area contributed by atoms with E-state index in [1.807, 2.05) is 46.7 Å². The van der Waals surface area contributed by atoms with Crippen LogP contribution in [0, 0.1) is 11.8 Å². The predicted molar refractivity (Wildman–Crippen MR) is 172 cm³/mol. The fraction of sp³-hybridized carbons (Fsp3) is 0.765. The van der Waals surface area contributed by atoms with Crippen LogP contribution in [0.5, 0.6) is 0 Å². The Bertz CT molecular complexity index is 1050. The highest BCUT2D eigenvalue weighted by atomic mass is 16.6. The van der Waals surface area contributed by atoms with E-state index in [1.54, 1.807) is 51.3 Å². The van der Waals surface area contributed by atoms with Gasteiger partial charge in [-0.3, -0.25) is 4.79 Å². The average Bonchev–Trinajstić information content (AvgIpc) is 3.71. The van der Waals surface area contributed by atoms with Gasteiger partial charge in [0.25, 0.3) is 0 Å². The zero-order chi connectivity index (χ0) is 34.1. The molecule has 1 fully saturated rings. The Morgan fingerprint density at radius 3 is 2.56 bits per heavy atom. The maximum atomic E-state index is 12.9. The largest absolute Gasteiger partial charge is 0.457 e. The van der Waals surface area contributed by atoms with Crippen LogP contribution in [-0.4, -0.2) is 124 Å². The highest BCUT2D eigenvalue weighted by Crippen LogP contribution is 2.37. The molecule has 45 heavy (non-hydrogen) atoms. The number of hydrogen-bond acceptors (Lipinski definition) is 10. The Balaban J connectivity index is 2.22. The summed E-state index contributed by atoms with van der Waals surface area (Å²) in [4.78, 5) is 29.1. The molecule has 11 heteroatoms. The van der Waals surface area contributed by atoms with E-state index in [9.17, 15) is 30.0 Å². The lowest BCUT2D eigenvalue weighted by Gasteiger charge is -2.33. The second-order valence-corrected chi connectivity index (χ2v) is 13.7. The van der Waals surface area contributed by atoms with E-state index in [4.69, 9.17) is 14.2 Å². The third kappa shape index (κ3) is 12.8. The summed E-state index contributed by atoms with van der Waals surface area (Å²) < 4.78 is 17.3. The van der Waals surface area contributed by atoms with Crippen molar-refractivity contribution < 1.29 is 44.2 Å². The molecule has 1 saturated heterocycles. The molecule has 1 amide bonds. The van der Waals surface area contributed by atoms with Gasteiger partial charge in [0.2, 0.25) is 0 Å². The Kier molecular flexibility index (Phi) is 14.7. The molecule has 0 saturated carbocycles. The van der Waals surface area contributed by atoms with Crippen LogP contribution >= 0.6 is 0 Å². The molecule has 2 aliphatic heterocycles. The number of cyclic esters (lactones) is 1. The topological polar surface area (TPSA) is 153 Å². The number of esters is 1. The van der Waals surface area contributed by atoms with Gasteiger partial charge in [-0.25, -0.2) is 4.79 Å². The van der Waals surface area contributed by atoms with Crippen molar-refractivity contribution in [3.63, 3.8) is 0 Å². The number of epoxide rings is 1. The van der Waals surface area contributed by atoms with Crippen LogP contribution in [-0.2, 0) is 19.0 Å². The lowest BCUT2D eigenvalue weighted by Crippen LogP contribution is -2.45. The van der Waals surface area contributed by atoms with Crippen molar-refractivity contribution in [2.24, 2.45) is 11.8 Å². The first-order chi connectivity index (χ1) is 20.9. The second kappa shape index (κ2) is 17.0. The first kappa shape index (κ1) is 38.9. The number of likely N-dealkylation sites (N-methyl/N-ethyl adjacent to an activating group) is 2. The van der Waals surface area contributed by atoms with Gasteiger partial charge >= 0.3 is 12.1 Å². The highest BCUT2D eigenvalue weighted by molar-refractivity contribution is 5.70. The van der Waals surface area contributed by atoms with Crippen molar-refractivity contribution in [2.75, 3.05) is 34.2 Å². The molecule has 2 heterocycles. The van der Waals surface area contributed by atoms with Crippen molar-refractivity contribution in [1.82, 2.24) is 9.80 Å². The number of carbonyl (C=O) groups excluding carboxylic acids is 2. The molecule has 4 N–H and O–H groups in total. The monoisotopic (exact) mass is 638 g/mol. The van der Waals surface area contributed by atoms with Gasteiger partial charge in [0, 0.05) is 38.4 Å². The van der Waals surface area contributed by atoms with Gasteiger partial charge in [-0.15, -0.1) is 0 Å². The summed E-state index contributed by atoms with van der Waals surface area (Å²) in [6, 6.07) is 0. The van der Waals surface area contributed by atoms with Gasteiger partial charge in [-0.2, -0.15) is 0 Å². The molecule has 10 atom stereocenters. The lowest BCUT2D eigenvalue weighted by atomic mass is 9.88. The second-order valence-electron chi connectivity index (χ2n) is 13.7. The quantitative estimate of drug-likeness (QED) is 0.109. The highest BCUT2D eigenvalue weighted by Gasteiger charge is 2.47. The summed E-state index contributed by atoms with van der Waals surface area (Å²) in [6.45, 7) is 11.9. The van der Waals surface area contributed by atoms with Crippen molar-refractivity contribution in [2.45, 2.75) is 121 Å². The van der Waals surface area contributed by atoms with E-state index in [1.165, 1.54) is 4.90 Å². The molecule has 0 spiro atoms. The van der Waals surface area contributed by atoms with Crippen LogP contribution in [0.1, 0.15) is 73.6 Å². The number of hydrogen-bond donors (Lipinski definition) is 4. The minimum absolute atomic E-state index is 0.0124. The number of carbonyl (C=O) groups is 2. The molecule has 258 valence electrons. The molecule has 0 aliphatic carbocycles. The van der Waals surface area contributed by atoms with Gasteiger partial charge in [0.05, 0.1) is 36.4 Å². The fourth-order valence-electron chi connectivity index (χ4n) is 5.44. The first-order valence-corrected chi connectivity index (χ1v) is 16.1. The van der Waals surface area contributed by atoms with Gasteiger partial charge in [-0.1, -0.05) is 45.1 Å². The number of allylic oxidation sites excluding steroid dienone is 2. The molecule has 2 aliphatic rings. The van der Waals surface area contributed by atoms with Gasteiger partial charge in [0.15, 0.2) is 6.10 Å². The van der Waals surface area contributed by atoms with E-state index in [-0.39, 0.29) is 43.3 Å². The number of ether oxygens (including phenoxy) is 3. The lowest BCUT2D eigenvalue weighted by molar-refractivity contribution is -0.151. The van der Waals surface area contributed by atoms with Gasteiger partial charge in [0.1, 0.15) is 11.7 Å². The number of nitrogens with zero attached hydrogens (tertiary/aromatic N) is 2. The molecule has 0 aromatic heterocycles. The summed E-state index contributed by atoms with van der Waals surface area (Å²) in [7, 11) is 5.45. The predicted octanol–water partition coefficient (Wildman–Crippen LogP) is 3.20. The number of rotatable bonds is 12. The fourth-order valence-corrected chi connectivity index (χ4v) is 5.44. The van der Waals surface area contributed by atoms with Crippen LogP contribution in [0.15, 0.2) is 36.0 Å². The van der Waals surface area contributed by atoms with Gasteiger partial charge in [-0.05, 0) is 65.8 Å². The molecule has 2 rings (SSSR count).